The first-order valence-corrected chi connectivity index (χ1v) is 5.91. The highest BCUT2D eigenvalue weighted by atomic mass is 16.5. The molecule has 98 valence electrons. The second kappa shape index (κ2) is 6.51. The van der Waals surface area contributed by atoms with Crippen molar-refractivity contribution in [1.29, 1.82) is 0 Å². The Morgan fingerprint density at radius 3 is 2.74 bits per heavy atom. The molecule has 0 fully saturated rings. The Morgan fingerprint density at radius 1 is 1.21 bits per heavy atom. The van der Waals surface area contributed by atoms with Crippen molar-refractivity contribution >= 4 is 11.7 Å². The summed E-state index contributed by atoms with van der Waals surface area (Å²) in [7, 11) is 0. The molecule has 0 saturated heterocycles. The molecular weight excluding hydrogens is 242 g/mol. The lowest BCUT2D eigenvalue weighted by Gasteiger charge is -2.10. The van der Waals surface area contributed by atoms with Crippen LogP contribution in [0.2, 0.25) is 0 Å². The zero-order chi connectivity index (χ0) is 13.5. The second-order valence-corrected chi connectivity index (χ2v) is 3.86. The van der Waals surface area contributed by atoms with E-state index in [0.717, 1.165) is 5.56 Å². The average molecular weight is 257 g/mol. The Hall–Kier alpha value is -2.40. The molecule has 5 heteroatoms. The molecule has 0 bridgehead atoms. The molecule has 0 radical (unpaired) electrons. The van der Waals surface area contributed by atoms with Crippen LogP contribution in [0, 0.1) is 0 Å². The molecule has 0 aliphatic carbocycles. The molecule has 0 aliphatic heterocycles. The third kappa shape index (κ3) is 3.79. The van der Waals surface area contributed by atoms with Gasteiger partial charge in [0.15, 0.2) is 6.61 Å². The van der Waals surface area contributed by atoms with Crippen molar-refractivity contribution in [2.75, 3.05) is 11.9 Å². The molecule has 1 heterocycles. The summed E-state index contributed by atoms with van der Waals surface area (Å²) >= 11 is 0. The fourth-order valence-electron chi connectivity index (χ4n) is 1.57. The van der Waals surface area contributed by atoms with Gasteiger partial charge in [0, 0.05) is 18.3 Å². The third-order valence-electron chi connectivity index (χ3n) is 2.48. The number of nitrogens with zero attached hydrogens (tertiary/aromatic N) is 1. The van der Waals surface area contributed by atoms with Crippen molar-refractivity contribution in [2.24, 2.45) is 5.73 Å². The average Bonchev–Trinajstić information content (AvgIpc) is 2.46. The maximum Gasteiger partial charge on any atom is 0.263 e. The van der Waals surface area contributed by atoms with Crippen LogP contribution in [0.4, 0.5) is 5.82 Å². The number of para-hydroxylation sites is 1. The minimum atomic E-state index is -0.259. The largest absolute Gasteiger partial charge is 0.483 e. The fraction of sp³-hybridized carbons (Fsp3) is 0.143. The molecular formula is C14H15N3O2. The number of hydrogen-bond donors (Lipinski definition) is 2. The highest BCUT2D eigenvalue weighted by molar-refractivity contribution is 5.90. The lowest BCUT2D eigenvalue weighted by Crippen LogP contribution is -2.21. The van der Waals surface area contributed by atoms with E-state index in [1.807, 2.05) is 18.2 Å². The summed E-state index contributed by atoms with van der Waals surface area (Å²) in [5, 5.41) is 2.64. The van der Waals surface area contributed by atoms with Crippen molar-refractivity contribution < 1.29 is 9.53 Å². The number of benzene rings is 1. The molecule has 1 aromatic carbocycles. The topological polar surface area (TPSA) is 77.2 Å². The van der Waals surface area contributed by atoms with E-state index in [4.69, 9.17) is 10.5 Å². The number of pyridine rings is 1. The van der Waals surface area contributed by atoms with Crippen LogP contribution in [-0.4, -0.2) is 17.5 Å². The lowest BCUT2D eigenvalue weighted by molar-refractivity contribution is -0.118. The van der Waals surface area contributed by atoms with Crippen LogP contribution in [-0.2, 0) is 11.3 Å². The number of nitrogens with two attached hydrogens (primary N) is 1. The van der Waals surface area contributed by atoms with Crippen LogP contribution in [0.15, 0.2) is 48.7 Å². The minimum Gasteiger partial charge on any atom is -0.483 e. The van der Waals surface area contributed by atoms with Gasteiger partial charge in [-0.25, -0.2) is 4.98 Å². The Kier molecular flexibility index (Phi) is 4.47. The van der Waals surface area contributed by atoms with Crippen LogP contribution in [0.25, 0.3) is 0 Å². The summed E-state index contributed by atoms with van der Waals surface area (Å²) in [5.74, 6) is 0.870. The summed E-state index contributed by atoms with van der Waals surface area (Å²) in [5.41, 5.74) is 6.46. The van der Waals surface area contributed by atoms with Crippen molar-refractivity contribution in [3.8, 4) is 5.75 Å². The maximum atomic E-state index is 11.7. The van der Waals surface area contributed by atoms with E-state index in [2.05, 4.69) is 10.3 Å². The van der Waals surface area contributed by atoms with Gasteiger partial charge in [0.25, 0.3) is 5.91 Å². The molecule has 3 N–H and O–H groups in total. The van der Waals surface area contributed by atoms with Gasteiger partial charge in [-0.15, -0.1) is 0 Å². The lowest BCUT2D eigenvalue weighted by atomic mass is 10.2. The predicted molar refractivity (Wildman–Crippen MR) is 72.7 cm³/mol. The molecule has 0 spiro atoms. The van der Waals surface area contributed by atoms with Crippen LogP contribution in [0.3, 0.4) is 0 Å². The number of carbonyl (C=O) groups is 1. The first-order chi connectivity index (χ1) is 9.29. The van der Waals surface area contributed by atoms with Gasteiger partial charge in [-0.2, -0.15) is 0 Å². The molecule has 0 saturated carbocycles. The number of carbonyl (C=O) groups excluding carboxylic acids is 1. The summed E-state index contributed by atoms with van der Waals surface area (Å²) in [6, 6.07) is 12.7. The Bertz CT molecular complexity index is 543. The summed E-state index contributed by atoms with van der Waals surface area (Å²) in [4.78, 5) is 15.7. The van der Waals surface area contributed by atoms with Crippen molar-refractivity contribution in [3.63, 3.8) is 0 Å². The van der Waals surface area contributed by atoms with E-state index >= 15 is 0 Å². The molecule has 19 heavy (non-hydrogen) atoms. The third-order valence-corrected chi connectivity index (χ3v) is 2.48. The first kappa shape index (κ1) is 13.0. The number of ether oxygens (including phenoxy) is 1. The molecule has 0 aliphatic rings. The van der Waals surface area contributed by atoms with Crippen LogP contribution >= 0.6 is 0 Å². The molecule has 1 aromatic heterocycles. The maximum absolute atomic E-state index is 11.7. The predicted octanol–water partition coefficient (Wildman–Crippen LogP) is 1.56. The molecule has 5 nitrogen and oxygen atoms in total. The van der Waals surface area contributed by atoms with Gasteiger partial charge >= 0.3 is 0 Å². The van der Waals surface area contributed by atoms with Gasteiger partial charge in [0.1, 0.15) is 11.6 Å². The second-order valence-electron chi connectivity index (χ2n) is 3.86. The van der Waals surface area contributed by atoms with E-state index in [-0.39, 0.29) is 12.5 Å². The zero-order valence-corrected chi connectivity index (χ0v) is 10.4. The van der Waals surface area contributed by atoms with E-state index in [0.29, 0.717) is 18.1 Å². The molecule has 2 rings (SSSR count). The van der Waals surface area contributed by atoms with E-state index in [1.165, 1.54) is 0 Å². The van der Waals surface area contributed by atoms with Crippen LogP contribution in [0.5, 0.6) is 5.75 Å². The standard InChI is InChI=1S/C14H15N3O2/c15-9-11-5-1-2-6-12(11)19-10-14(18)17-13-7-3-4-8-16-13/h1-8H,9-10,15H2,(H,16,17,18). The first-order valence-electron chi connectivity index (χ1n) is 5.91. The SMILES string of the molecule is NCc1ccccc1OCC(=O)Nc1ccccn1. The van der Waals surface area contributed by atoms with Gasteiger partial charge in [-0.05, 0) is 18.2 Å². The Balaban J connectivity index is 1.90. The van der Waals surface area contributed by atoms with Gasteiger partial charge in [0.2, 0.25) is 0 Å². The van der Waals surface area contributed by atoms with Crippen LogP contribution in [0.1, 0.15) is 5.56 Å². The zero-order valence-electron chi connectivity index (χ0n) is 10.4. The summed E-state index contributed by atoms with van der Waals surface area (Å²) < 4.78 is 5.44. The monoisotopic (exact) mass is 257 g/mol. The Labute approximate surface area is 111 Å². The number of rotatable bonds is 5. The van der Waals surface area contributed by atoms with Crippen LogP contribution < -0.4 is 15.8 Å². The van der Waals surface area contributed by atoms with E-state index in [1.54, 1.807) is 30.5 Å². The number of hydrogen-bond acceptors (Lipinski definition) is 4. The summed E-state index contributed by atoms with van der Waals surface area (Å²) in [6.07, 6.45) is 1.61. The van der Waals surface area contributed by atoms with Crippen molar-refractivity contribution in [2.45, 2.75) is 6.54 Å². The molecule has 0 atom stereocenters. The number of amides is 1. The summed E-state index contributed by atoms with van der Waals surface area (Å²) in [6.45, 7) is 0.297. The normalized spacial score (nSPS) is 9.95. The fourth-order valence-corrected chi connectivity index (χ4v) is 1.57. The highest BCUT2D eigenvalue weighted by Crippen LogP contribution is 2.16. The number of anilines is 1. The molecule has 2 aromatic rings. The van der Waals surface area contributed by atoms with E-state index in [9.17, 15) is 4.79 Å². The van der Waals surface area contributed by atoms with Crippen molar-refractivity contribution in [3.05, 3.63) is 54.2 Å². The van der Waals surface area contributed by atoms with Gasteiger partial charge < -0.3 is 15.8 Å². The molecule has 0 unspecified atom stereocenters. The number of nitrogens with one attached hydrogen (secondary N) is 1. The van der Waals surface area contributed by atoms with Crippen molar-refractivity contribution in [1.82, 2.24) is 4.98 Å². The quantitative estimate of drug-likeness (QED) is 0.852. The highest BCUT2D eigenvalue weighted by Gasteiger charge is 2.06. The smallest absolute Gasteiger partial charge is 0.263 e. The van der Waals surface area contributed by atoms with Gasteiger partial charge in [-0.1, -0.05) is 24.3 Å². The van der Waals surface area contributed by atoms with Gasteiger partial charge in [0.05, 0.1) is 0 Å². The van der Waals surface area contributed by atoms with E-state index < -0.39 is 0 Å². The van der Waals surface area contributed by atoms with Gasteiger partial charge in [-0.3, -0.25) is 4.79 Å². The minimum absolute atomic E-state index is 0.0758. The number of aromatic nitrogens is 1. The Morgan fingerprint density at radius 2 is 2.00 bits per heavy atom. The molecule has 1 amide bonds.